The molecule has 1 saturated heterocycles. The van der Waals surface area contributed by atoms with Crippen molar-refractivity contribution in [3.63, 3.8) is 0 Å². The van der Waals surface area contributed by atoms with Crippen LogP contribution >= 0.6 is 11.6 Å². The highest BCUT2D eigenvalue weighted by molar-refractivity contribution is 6.31. The number of esters is 1. The number of rotatable bonds is 3. The Hall–Kier alpha value is -2.08. The van der Waals surface area contributed by atoms with Crippen LogP contribution in [0.5, 0.6) is 0 Å². The smallest absolute Gasteiger partial charge is 0.337 e. The number of hydrogen-bond donors (Lipinski definition) is 1. The van der Waals surface area contributed by atoms with Crippen molar-refractivity contribution in [2.45, 2.75) is 6.42 Å². The standard InChI is InChI=1S/C13H12ClNO5/c1-20-13(19)7-4-11(16)15(6-7)10-5-8(14)2-3-9(10)12(17)18/h2-3,5,7H,4,6H2,1H3,(H,17,18). The predicted octanol–water partition coefficient (Wildman–Crippen LogP) is 1.56. The number of anilines is 1. The summed E-state index contributed by atoms with van der Waals surface area (Å²) in [5.74, 6) is -2.57. The lowest BCUT2D eigenvalue weighted by Crippen LogP contribution is -2.27. The Kier molecular flexibility index (Phi) is 3.94. The molecule has 1 aromatic rings. The van der Waals surface area contributed by atoms with Crippen molar-refractivity contribution in [1.82, 2.24) is 0 Å². The molecule has 1 aliphatic rings. The fourth-order valence-corrected chi connectivity index (χ4v) is 2.34. The van der Waals surface area contributed by atoms with E-state index in [4.69, 9.17) is 16.7 Å². The van der Waals surface area contributed by atoms with Crippen LogP contribution in [0.1, 0.15) is 16.8 Å². The fourth-order valence-electron chi connectivity index (χ4n) is 2.17. The fraction of sp³-hybridized carbons (Fsp3) is 0.308. The van der Waals surface area contributed by atoms with Gasteiger partial charge in [-0.15, -0.1) is 0 Å². The zero-order valence-corrected chi connectivity index (χ0v) is 11.4. The molecular weight excluding hydrogens is 286 g/mol. The monoisotopic (exact) mass is 297 g/mol. The molecule has 20 heavy (non-hydrogen) atoms. The Labute approximate surface area is 119 Å². The molecule has 0 aliphatic carbocycles. The minimum Gasteiger partial charge on any atom is -0.478 e. The Morgan fingerprint density at radius 2 is 2.15 bits per heavy atom. The molecule has 0 aromatic heterocycles. The second kappa shape index (κ2) is 5.50. The van der Waals surface area contributed by atoms with Crippen LogP contribution in [0, 0.1) is 5.92 Å². The van der Waals surface area contributed by atoms with Crippen molar-refractivity contribution >= 4 is 35.1 Å². The number of hydrogen-bond acceptors (Lipinski definition) is 4. The van der Waals surface area contributed by atoms with Gasteiger partial charge in [0.05, 0.1) is 24.3 Å². The highest BCUT2D eigenvalue weighted by Crippen LogP contribution is 2.31. The molecule has 1 aliphatic heterocycles. The molecule has 1 atom stereocenters. The van der Waals surface area contributed by atoms with E-state index in [9.17, 15) is 14.4 Å². The van der Waals surface area contributed by atoms with E-state index < -0.39 is 17.9 Å². The minimum atomic E-state index is -1.16. The highest BCUT2D eigenvalue weighted by atomic mass is 35.5. The molecule has 1 aromatic carbocycles. The van der Waals surface area contributed by atoms with Crippen LogP contribution in [0.3, 0.4) is 0 Å². The van der Waals surface area contributed by atoms with Crippen molar-refractivity contribution in [3.05, 3.63) is 28.8 Å². The molecule has 6 nitrogen and oxygen atoms in total. The van der Waals surface area contributed by atoms with Crippen LogP contribution in [-0.4, -0.2) is 36.6 Å². The first kappa shape index (κ1) is 14.3. The molecule has 7 heteroatoms. The van der Waals surface area contributed by atoms with Gasteiger partial charge in [0.15, 0.2) is 0 Å². The first-order valence-electron chi connectivity index (χ1n) is 5.85. The molecule has 1 heterocycles. The molecular formula is C13H12ClNO5. The van der Waals surface area contributed by atoms with E-state index in [-0.39, 0.29) is 30.1 Å². The maximum absolute atomic E-state index is 12.0. The average Bonchev–Trinajstić information content (AvgIpc) is 2.79. The summed E-state index contributed by atoms with van der Waals surface area (Å²) in [5, 5.41) is 9.47. The van der Waals surface area contributed by atoms with Gasteiger partial charge in [-0.3, -0.25) is 9.59 Å². The average molecular weight is 298 g/mol. The molecule has 1 amide bonds. The van der Waals surface area contributed by atoms with Gasteiger partial charge < -0.3 is 14.7 Å². The summed E-state index contributed by atoms with van der Waals surface area (Å²) in [6, 6.07) is 4.17. The van der Waals surface area contributed by atoms with Gasteiger partial charge in [-0.05, 0) is 18.2 Å². The summed E-state index contributed by atoms with van der Waals surface area (Å²) in [7, 11) is 1.25. The molecule has 0 saturated carbocycles. The topological polar surface area (TPSA) is 83.9 Å². The lowest BCUT2D eigenvalue weighted by molar-refractivity contribution is -0.145. The first-order chi connectivity index (χ1) is 9.43. The summed E-state index contributed by atoms with van der Waals surface area (Å²) in [6.45, 7) is 0.0894. The van der Waals surface area contributed by atoms with Crippen LogP contribution in [0.15, 0.2) is 18.2 Å². The second-order valence-corrected chi connectivity index (χ2v) is 4.83. The van der Waals surface area contributed by atoms with E-state index >= 15 is 0 Å². The van der Waals surface area contributed by atoms with E-state index in [1.54, 1.807) is 0 Å². The number of nitrogens with zero attached hydrogens (tertiary/aromatic N) is 1. The van der Waals surface area contributed by atoms with Crippen LogP contribution in [0.2, 0.25) is 5.02 Å². The highest BCUT2D eigenvalue weighted by Gasteiger charge is 2.37. The summed E-state index contributed by atoms with van der Waals surface area (Å²) in [6.07, 6.45) is -0.00174. The van der Waals surface area contributed by atoms with Crippen LogP contribution in [0.4, 0.5) is 5.69 Å². The summed E-state index contributed by atoms with van der Waals surface area (Å²) < 4.78 is 4.61. The van der Waals surface area contributed by atoms with Gasteiger partial charge in [-0.1, -0.05) is 11.6 Å². The number of amides is 1. The van der Waals surface area contributed by atoms with Gasteiger partial charge in [0.1, 0.15) is 0 Å². The third-order valence-corrected chi connectivity index (χ3v) is 3.38. The number of benzene rings is 1. The molecule has 0 spiro atoms. The largest absolute Gasteiger partial charge is 0.478 e. The molecule has 1 fully saturated rings. The van der Waals surface area contributed by atoms with Crippen molar-refractivity contribution in [3.8, 4) is 0 Å². The number of carbonyl (C=O) groups excluding carboxylic acids is 2. The van der Waals surface area contributed by atoms with Gasteiger partial charge in [0.2, 0.25) is 5.91 Å². The van der Waals surface area contributed by atoms with Gasteiger partial charge >= 0.3 is 11.9 Å². The van der Waals surface area contributed by atoms with Crippen LogP contribution in [0.25, 0.3) is 0 Å². The third kappa shape index (κ3) is 2.60. The number of halogens is 1. The molecule has 1 N–H and O–H groups in total. The maximum Gasteiger partial charge on any atom is 0.337 e. The number of carboxylic acid groups (broad SMARTS) is 1. The minimum absolute atomic E-state index is 0.00174. The SMILES string of the molecule is COC(=O)C1CC(=O)N(c2cc(Cl)ccc2C(=O)O)C1. The number of carbonyl (C=O) groups is 3. The Balaban J connectivity index is 2.37. The number of aromatic carboxylic acids is 1. The normalized spacial score (nSPS) is 18.2. The van der Waals surface area contributed by atoms with E-state index in [1.165, 1.54) is 30.2 Å². The molecule has 1 unspecified atom stereocenters. The maximum atomic E-state index is 12.0. The van der Waals surface area contributed by atoms with Gasteiger partial charge in [-0.2, -0.15) is 0 Å². The lowest BCUT2D eigenvalue weighted by atomic mass is 10.1. The van der Waals surface area contributed by atoms with Crippen LogP contribution < -0.4 is 4.90 Å². The number of carboxylic acids is 1. The van der Waals surface area contributed by atoms with Gasteiger partial charge in [0, 0.05) is 18.0 Å². The van der Waals surface area contributed by atoms with Gasteiger partial charge in [0.25, 0.3) is 0 Å². The van der Waals surface area contributed by atoms with E-state index in [1.807, 2.05) is 0 Å². The summed E-state index contributed by atoms with van der Waals surface area (Å²) >= 11 is 5.85. The second-order valence-electron chi connectivity index (χ2n) is 4.40. The zero-order valence-electron chi connectivity index (χ0n) is 10.6. The van der Waals surface area contributed by atoms with E-state index in [0.717, 1.165) is 0 Å². The summed E-state index contributed by atoms with van der Waals surface area (Å²) in [5.41, 5.74) is 0.162. The van der Waals surface area contributed by atoms with E-state index in [2.05, 4.69) is 4.74 Å². The lowest BCUT2D eigenvalue weighted by Gasteiger charge is -2.19. The van der Waals surface area contributed by atoms with Crippen molar-refractivity contribution in [1.29, 1.82) is 0 Å². The predicted molar refractivity (Wildman–Crippen MR) is 70.9 cm³/mol. The quantitative estimate of drug-likeness (QED) is 0.856. The van der Waals surface area contributed by atoms with Crippen molar-refractivity contribution in [2.24, 2.45) is 5.92 Å². The van der Waals surface area contributed by atoms with Crippen molar-refractivity contribution < 1.29 is 24.2 Å². The Morgan fingerprint density at radius 1 is 1.45 bits per heavy atom. The molecule has 106 valence electrons. The molecule has 0 bridgehead atoms. The number of methoxy groups -OCH3 is 1. The third-order valence-electron chi connectivity index (χ3n) is 3.14. The van der Waals surface area contributed by atoms with Gasteiger partial charge in [-0.25, -0.2) is 4.79 Å². The summed E-state index contributed by atoms with van der Waals surface area (Å²) in [4.78, 5) is 35.9. The Morgan fingerprint density at radius 3 is 2.75 bits per heavy atom. The first-order valence-corrected chi connectivity index (χ1v) is 6.23. The molecule has 0 radical (unpaired) electrons. The van der Waals surface area contributed by atoms with Crippen LogP contribution in [-0.2, 0) is 14.3 Å². The van der Waals surface area contributed by atoms with E-state index in [0.29, 0.717) is 5.02 Å². The van der Waals surface area contributed by atoms with Crippen molar-refractivity contribution in [2.75, 3.05) is 18.6 Å². The molecule has 2 rings (SSSR count). The number of ether oxygens (including phenoxy) is 1. The Bertz CT molecular complexity index is 586. The zero-order chi connectivity index (χ0) is 14.9.